The molecule has 1 N–H and O–H groups in total. The zero-order valence-electron chi connectivity index (χ0n) is 9.49. The Labute approximate surface area is 100 Å². The molecule has 0 saturated carbocycles. The molecule has 0 aliphatic carbocycles. The molecule has 0 unspecified atom stereocenters. The van der Waals surface area contributed by atoms with Crippen LogP contribution in [0.3, 0.4) is 0 Å². The van der Waals surface area contributed by atoms with Gasteiger partial charge in [-0.1, -0.05) is 30.3 Å². The minimum absolute atomic E-state index is 0.176. The highest BCUT2D eigenvalue weighted by Gasteiger charge is 2.18. The SMILES string of the molecule is Fc1ccc([C@H]2CCc3ccccc3N2)cc1. The van der Waals surface area contributed by atoms with Crippen LogP contribution in [0.5, 0.6) is 0 Å². The Kier molecular flexibility index (Phi) is 2.56. The summed E-state index contributed by atoms with van der Waals surface area (Å²) in [6.07, 6.45) is 2.13. The standard InChI is InChI=1S/C15H14FN/c16-13-8-5-12(6-9-13)15-10-7-11-3-1-2-4-14(11)17-15/h1-6,8-9,15,17H,7,10H2/t15-/m1/s1. The Balaban J connectivity index is 1.86. The second-order valence-corrected chi connectivity index (χ2v) is 4.44. The summed E-state index contributed by atoms with van der Waals surface area (Å²) in [6.45, 7) is 0. The fraction of sp³-hybridized carbons (Fsp3) is 0.200. The second-order valence-electron chi connectivity index (χ2n) is 4.44. The summed E-state index contributed by atoms with van der Waals surface area (Å²) >= 11 is 0. The molecule has 1 heterocycles. The monoisotopic (exact) mass is 227 g/mol. The van der Waals surface area contributed by atoms with Gasteiger partial charge in [0.25, 0.3) is 0 Å². The number of anilines is 1. The molecule has 0 bridgehead atoms. The molecular weight excluding hydrogens is 213 g/mol. The predicted octanol–water partition coefficient (Wildman–Crippen LogP) is 3.93. The molecule has 0 spiro atoms. The lowest BCUT2D eigenvalue weighted by atomic mass is 9.93. The molecule has 0 saturated heterocycles. The van der Waals surface area contributed by atoms with Gasteiger partial charge in [0, 0.05) is 5.69 Å². The minimum Gasteiger partial charge on any atom is -0.378 e. The largest absolute Gasteiger partial charge is 0.378 e. The summed E-state index contributed by atoms with van der Waals surface area (Å²) in [5.74, 6) is -0.176. The van der Waals surface area contributed by atoms with Crippen LogP contribution in [0, 0.1) is 5.82 Å². The predicted molar refractivity (Wildman–Crippen MR) is 67.5 cm³/mol. The van der Waals surface area contributed by atoms with E-state index in [0.29, 0.717) is 6.04 Å². The molecule has 1 aliphatic rings. The van der Waals surface area contributed by atoms with Crippen LogP contribution in [0.25, 0.3) is 0 Å². The van der Waals surface area contributed by atoms with Gasteiger partial charge in [-0.15, -0.1) is 0 Å². The van der Waals surface area contributed by atoms with Gasteiger partial charge >= 0.3 is 0 Å². The lowest BCUT2D eigenvalue weighted by Gasteiger charge is -2.27. The van der Waals surface area contributed by atoms with Crippen LogP contribution in [0.15, 0.2) is 48.5 Å². The molecule has 86 valence electrons. The number of para-hydroxylation sites is 1. The summed E-state index contributed by atoms with van der Waals surface area (Å²) in [6, 6.07) is 15.4. The molecule has 1 atom stereocenters. The van der Waals surface area contributed by atoms with Gasteiger partial charge < -0.3 is 5.32 Å². The van der Waals surface area contributed by atoms with Crippen molar-refractivity contribution in [3.8, 4) is 0 Å². The number of rotatable bonds is 1. The van der Waals surface area contributed by atoms with Gasteiger partial charge in [0.15, 0.2) is 0 Å². The van der Waals surface area contributed by atoms with Crippen molar-refractivity contribution in [2.75, 3.05) is 5.32 Å². The third-order valence-electron chi connectivity index (χ3n) is 3.32. The molecule has 1 aliphatic heterocycles. The van der Waals surface area contributed by atoms with Gasteiger partial charge in [-0.05, 0) is 42.2 Å². The number of halogens is 1. The quantitative estimate of drug-likeness (QED) is 0.778. The zero-order chi connectivity index (χ0) is 11.7. The van der Waals surface area contributed by atoms with Crippen molar-refractivity contribution in [3.63, 3.8) is 0 Å². The maximum atomic E-state index is 12.9. The van der Waals surface area contributed by atoms with E-state index in [9.17, 15) is 4.39 Å². The highest BCUT2D eigenvalue weighted by atomic mass is 19.1. The zero-order valence-corrected chi connectivity index (χ0v) is 9.49. The van der Waals surface area contributed by atoms with Crippen LogP contribution in [-0.4, -0.2) is 0 Å². The second kappa shape index (κ2) is 4.21. The van der Waals surface area contributed by atoms with Crippen LogP contribution < -0.4 is 5.32 Å². The van der Waals surface area contributed by atoms with E-state index in [1.165, 1.54) is 23.4 Å². The van der Waals surface area contributed by atoms with Crippen LogP contribution >= 0.6 is 0 Å². The molecule has 0 amide bonds. The molecule has 2 aromatic rings. The average molecular weight is 227 g/mol. The summed E-state index contributed by atoms with van der Waals surface area (Å²) in [4.78, 5) is 0. The number of benzene rings is 2. The first-order valence-electron chi connectivity index (χ1n) is 5.93. The summed E-state index contributed by atoms with van der Waals surface area (Å²) < 4.78 is 12.9. The van der Waals surface area contributed by atoms with Crippen molar-refractivity contribution < 1.29 is 4.39 Å². The van der Waals surface area contributed by atoms with Gasteiger partial charge in [-0.2, -0.15) is 0 Å². The number of nitrogens with one attached hydrogen (secondary N) is 1. The first-order chi connectivity index (χ1) is 8.33. The topological polar surface area (TPSA) is 12.0 Å². The first kappa shape index (κ1) is 10.3. The lowest BCUT2D eigenvalue weighted by Crippen LogP contribution is -2.17. The maximum Gasteiger partial charge on any atom is 0.123 e. The van der Waals surface area contributed by atoms with E-state index in [2.05, 4.69) is 23.5 Å². The molecular formula is C15H14FN. The van der Waals surface area contributed by atoms with Crippen LogP contribution in [0.4, 0.5) is 10.1 Å². The minimum atomic E-state index is -0.176. The molecule has 0 radical (unpaired) electrons. The summed E-state index contributed by atoms with van der Waals surface area (Å²) in [5.41, 5.74) is 3.72. The molecule has 0 fully saturated rings. The van der Waals surface area contributed by atoms with Gasteiger partial charge in [0.2, 0.25) is 0 Å². The Morgan fingerprint density at radius 2 is 1.76 bits per heavy atom. The van der Waals surface area contributed by atoms with Crippen molar-refractivity contribution in [1.82, 2.24) is 0 Å². The van der Waals surface area contributed by atoms with E-state index in [4.69, 9.17) is 0 Å². The fourth-order valence-corrected chi connectivity index (χ4v) is 2.38. The normalized spacial score (nSPS) is 18.3. The van der Waals surface area contributed by atoms with Crippen molar-refractivity contribution >= 4 is 5.69 Å². The van der Waals surface area contributed by atoms with Crippen molar-refractivity contribution in [1.29, 1.82) is 0 Å². The summed E-state index contributed by atoms with van der Waals surface area (Å²) in [5, 5.41) is 3.51. The highest BCUT2D eigenvalue weighted by molar-refractivity contribution is 5.54. The van der Waals surface area contributed by atoms with Gasteiger partial charge in [0.05, 0.1) is 6.04 Å². The van der Waals surface area contributed by atoms with Crippen molar-refractivity contribution in [2.45, 2.75) is 18.9 Å². The van der Waals surface area contributed by atoms with Crippen LogP contribution in [0.1, 0.15) is 23.6 Å². The summed E-state index contributed by atoms with van der Waals surface area (Å²) in [7, 11) is 0. The van der Waals surface area contributed by atoms with Gasteiger partial charge in [-0.25, -0.2) is 4.39 Å². The average Bonchev–Trinajstić information content (AvgIpc) is 2.39. The van der Waals surface area contributed by atoms with Crippen molar-refractivity contribution in [3.05, 3.63) is 65.5 Å². The first-order valence-corrected chi connectivity index (χ1v) is 5.93. The van der Waals surface area contributed by atoms with Gasteiger partial charge in [0.1, 0.15) is 5.82 Å². The van der Waals surface area contributed by atoms with E-state index >= 15 is 0 Å². The van der Waals surface area contributed by atoms with Gasteiger partial charge in [-0.3, -0.25) is 0 Å². The van der Waals surface area contributed by atoms with Crippen LogP contribution in [0.2, 0.25) is 0 Å². The van der Waals surface area contributed by atoms with E-state index in [-0.39, 0.29) is 5.82 Å². The third kappa shape index (κ3) is 2.03. The molecule has 2 heteroatoms. The smallest absolute Gasteiger partial charge is 0.123 e. The lowest BCUT2D eigenvalue weighted by molar-refractivity contribution is 0.622. The maximum absolute atomic E-state index is 12.9. The van der Waals surface area contributed by atoms with E-state index in [0.717, 1.165) is 18.4 Å². The Morgan fingerprint density at radius 3 is 2.59 bits per heavy atom. The molecule has 0 aromatic heterocycles. The Morgan fingerprint density at radius 1 is 1.00 bits per heavy atom. The molecule has 3 rings (SSSR count). The highest BCUT2D eigenvalue weighted by Crippen LogP contribution is 2.32. The number of hydrogen-bond donors (Lipinski definition) is 1. The van der Waals surface area contributed by atoms with Crippen molar-refractivity contribution in [2.24, 2.45) is 0 Å². The van der Waals surface area contributed by atoms with E-state index in [1.54, 1.807) is 0 Å². The Hall–Kier alpha value is -1.83. The van der Waals surface area contributed by atoms with E-state index in [1.807, 2.05) is 18.2 Å². The third-order valence-corrected chi connectivity index (χ3v) is 3.32. The van der Waals surface area contributed by atoms with Crippen LogP contribution in [-0.2, 0) is 6.42 Å². The molecule has 1 nitrogen and oxygen atoms in total. The number of hydrogen-bond acceptors (Lipinski definition) is 1. The molecule has 2 aromatic carbocycles. The molecule has 17 heavy (non-hydrogen) atoms. The number of aryl methyl sites for hydroxylation is 1. The fourth-order valence-electron chi connectivity index (χ4n) is 2.38. The number of fused-ring (bicyclic) bond motifs is 1. The van der Waals surface area contributed by atoms with E-state index < -0.39 is 0 Å². The Bertz CT molecular complexity index is 519.